The summed E-state index contributed by atoms with van der Waals surface area (Å²) in [7, 11) is 3.24. The van der Waals surface area contributed by atoms with Gasteiger partial charge in [0.05, 0.1) is 19.9 Å². The molecule has 0 saturated heterocycles. The third-order valence-corrected chi connectivity index (χ3v) is 3.93. The molecule has 3 rings (SSSR count). The van der Waals surface area contributed by atoms with E-state index in [0.717, 1.165) is 22.8 Å². The molecule has 0 aliphatic carbocycles. The van der Waals surface area contributed by atoms with Crippen LogP contribution in [0, 0.1) is 0 Å². The molecule has 0 amide bonds. The van der Waals surface area contributed by atoms with Crippen LogP contribution in [0.2, 0.25) is 5.02 Å². The molecule has 5 nitrogen and oxygen atoms in total. The van der Waals surface area contributed by atoms with E-state index in [0.29, 0.717) is 16.5 Å². The van der Waals surface area contributed by atoms with Gasteiger partial charge >= 0.3 is 0 Å². The molecule has 0 saturated carbocycles. The lowest BCUT2D eigenvalue weighted by molar-refractivity contribution is 0.355. The maximum absolute atomic E-state index is 6.08. The van der Waals surface area contributed by atoms with Crippen molar-refractivity contribution in [2.75, 3.05) is 24.9 Å². The molecule has 0 aromatic heterocycles. The molecule has 0 radical (unpaired) electrons. The minimum atomic E-state index is -0.451. The number of halogens is 1. The summed E-state index contributed by atoms with van der Waals surface area (Å²) in [5.41, 5.74) is 2.26. The van der Waals surface area contributed by atoms with Crippen molar-refractivity contribution in [2.24, 2.45) is 4.99 Å². The van der Waals surface area contributed by atoms with Crippen LogP contribution in [0.15, 0.2) is 41.4 Å². The number of methoxy groups -OCH3 is 2. The molecule has 0 unspecified atom stereocenters. The van der Waals surface area contributed by atoms with E-state index in [1.165, 1.54) is 0 Å². The lowest BCUT2D eigenvalue weighted by Gasteiger charge is -2.32. The lowest BCUT2D eigenvalue weighted by Crippen LogP contribution is -2.36. The average molecular weight is 346 g/mol. The van der Waals surface area contributed by atoms with Gasteiger partial charge in [0, 0.05) is 22.3 Å². The second-order valence-electron chi connectivity index (χ2n) is 6.03. The van der Waals surface area contributed by atoms with Gasteiger partial charge < -0.3 is 20.1 Å². The van der Waals surface area contributed by atoms with Crippen LogP contribution in [0.5, 0.6) is 11.5 Å². The molecule has 2 N–H and O–H groups in total. The highest BCUT2D eigenvalue weighted by molar-refractivity contribution is 6.31. The van der Waals surface area contributed by atoms with Crippen LogP contribution in [0.3, 0.4) is 0 Å². The van der Waals surface area contributed by atoms with Crippen molar-refractivity contribution >= 4 is 28.8 Å². The summed E-state index contributed by atoms with van der Waals surface area (Å²) in [6, 6.07) is 11.4. The predicted molar refractivity (Wildman–Crippen MR) is 98.9 cm³/mol. The number of benzene rings is 2. The third-order valence-electron chi connectivity index (χ3n) is 3.70. The number of nitrogens with zero attached hydrogens (tertiary/aromatic N) is 1. The minimum Gasteiger partial charge on any atom is -0.493 e. The fourth-order valence-electron chi connectivity index (χ4n) is 2.67. The third kappa shape index (κ3) is 3.26. The average Bonchev–Trinajstić information content (AvgIpc) is 2.52. The van der Waals surface area contributed by atoms with E-state index in [4.69, 9.17) is 26.1 Å². The highest BCUT2D eigenvalue weighted by Gasteiger charge is 2.27. The molecule has 126 valence electrons. The van der Waals surface area contributed by atoms with Crippen LogP contribution < -0.4 is 20.1 Å². The SMILES string of the molecule is COc1cc2c(cc1OC)C(Nc1cccc(Cl)c1)=NC(C)(C)N2. The van der Waals surface area contributed by atoms with Gasteiger partial charge in [-0.1, -0.05) is 17.7 Å². The molecular formula is C18H20ClN3O2. The molecule has 6 heteroatoms. The quantitative estimate of drug-likeness (QED) is 0.866. The first-order valence-electron chi connectivity index (χ1n) is 7.59. The molecule has 0 spiro atoms. The normalized spacial score (nSPS) is 15.0. The smallest absolute Gasteiger partial charge is 0.162 e. The first-order chi connectivity index (χ1) is 11.4. The van der Waals surface area contributed by atoms with Crippen molar-refractivity contribution in [3.8, 4) is 11.5 Å². The van der Waals surface area contributed by atoms with E-state index in [9.17, 15) is 0 Å². The van der Waals surface area contributed by atoms with E-state index in [2.05, 4.69) is 10.6 Å². The van der Waals surface area contributed by atoms with Gasteiger partial charge in [-0.15, -0.1) is 0 Å². The Kier molecular flexibility index (Phi) is 4.28. The van der Waals surface area contributed by atoms with E-state index in [1.54, 1.807) is 14.2 Å². The predicted octanol–water partition coefficient (Wildman–Crippen LogP) is 4.38. The molecule has 2 aromatic rings. The summed E-state index contributed by atoms with van der Waals surface area (Å²) in [6.45, 7) is 4.01. The number of anilines is 2. The van der Waals surface area contributed by atoms with E-state index in [-0.39, 0.29) is 0 Å². The summed E-state index contributed by atoms with van der Waals surface area (Å²) in [5, 5.41) is 7.42. The molecule has 0 bridgehead atoms. The highest BCUT2D eigenvalue weighted by Crippen LogP contribution is 2.37. The molecule has 0 atom stereocenters. The first-order valence-corrected chi connectivity index (χ1v) is 7.96. The zero-order valence-corrected chi connectivity index (χ0v) is 14.9. The summed E-state index contributed by atoms with van der Waals surface area (Å²) >= 11 is 6.08. The van der Waals surface area contributed by atoms with Crippen LogP contribution in [0.4, 0.5) is 11.4 Å². The maximum Gasteiger partial charge on any atom is 0.162 e. The monoisotopic (exact) mass is 345 g/mol. The number of hydrogen-bond donors (Lipinski definition) is 2. The number of nitrogens with one attached hydrogen (secondary N) is 2. The van der Waals surface area contributed by atoms with E-state index in [1.807, 2.05) is 50.2 Å². The molecule has 1 heterocycles. The lowest BCUT2D eigenvalue weighted by atomic mass is 10.0. The largest absolute Gasteiger partial charge is 0.493 e. The molecule has 24 heavy (non-hydrogen) atoms. The van der Waals surface area contributed by atoms with Gasteiger partial charge in [-0.05, 0) is 38.1 Å². The van der Waals surface area contributed by atoms with Crippen LogP contribution in [-0.4, -0.2) is 25.7 Å². The molecule has 1 aliphatic heterocycles. The van der Waals surface area contributed by atoms with E-state index < -0.39 is 5.66 Å². The Morgan fingerprint density at radius 2 is 1.79 bits per heavy atom. The van der Waals surface area contributed by atoms with Crippen molar-refractivity contribution in [3.63, 3.8) is 0 Å². The van der Waals surface area contributed by atoms with Crippen molar-refractivity contribution in [1.29, 1.82) is 0 Å². The summed E-state index contributed by atoms with van der Waals surface area (Å²) in [6.07, 6.45) is 0. The van der Waals surface area contributed by atoms with Crippen molar-refractivity contribution in [2.45, 2.75) is 19.5 Å². The second-order valence-corrected chi connectivity index (χ2v) is 6.47. The molecule has 0 fully saturated rings. The Hall–Kier alpha value is -2.40. The number of aliphatic imine (C=N–C) groups is 1. The van der Waals surface area contributed by atoms with Gasteiger partial charge in [-0.3, -0.25) is 0 Å². The van der Waals surface area contributed by atoms with Crippen molar-refractivity contribution < 1.29 is 9.47 Å². The highest BCUT2D eigenvalue weighted by atomic mass is 35.5. The van der Waals surface area contributed by atoms with E-state index >= 15 is 0 Å². The number of ether oxygens (including phenoxy) is 2. The van der Waals surface area contributed by atoms with Gasteiger partial charge in [0.1, 0.15) is 11.5 Å². The fourth-order valence-corrected chi connectivity index (χ4v) is 2.86. The standard InChI is InChI=1S/C18H20ClN3O2/c1-18(2)21-14-10-16(24-4)15(23-3)9-13(14)17(22-18)20-12-7-5-6-11(19)8-12/h5-10,21H,1-4H3,(H,20,22). The zero-order chi connectivity index (χ0) is 17.3. The Morgan fingerprint density at radius 3 is 2.46 bits per heavy atom. The zero-order valence-electron chi connectivity index (χ0n) is 14.1. The summed E-state index contributed by atoms with van der Waals surface area (Å²) < 4.78 is 10.8. The topological polar surface area (TPSA) is 54.9 Å². The van der Waals surface area contributed by atoms with Crippen LogP contribution in [-0.2, 0) is 0 Å². The number of rotatable bonds is 3. The summed E-state index contributed by atoms with van der Waals surface area (Å²) in [4.78, 5) is 4.77. The Bertz CT molecular complexity index is 803. The van der Waals surface area contributed by atoms with Gasteiger partial charge in [-0.2, -0.15) is 0 Å². The van der Waals surface area contributed by atoms with Crippen LogP contribution in [0.1, 0.15) is 19.4 Å². The first kappa shape index (κ1) is 16.5. The van der Waals surface area contributed by atoms with Crippen LogP contribution in [0.25, 0.3) is 0 Å². The number of hydrogen-bond acceptors (Lipinski definition) is 5. The minimum absolute atomic E-state index is 0.451. The Morgan fingerprint density at radius 1 is 1.08 bits per heavy atom. The fraction of sp³-hybridized carbons (Fsp3) is 0.278. The molecular weight excluding hydrogens is 326 g/mol. The van der Waals surface area contributed by atoms with Crippen LogP contribution >= 0.6 is 11.6 Å². The second kappa shape index (κ2) is 6.24. The maximum atomic E-state index is 6.08. The molecule has 1 aliphatic rings. The van der Waals surface area contributed by atoms with Gasteiger partial charge in [-0.25, -0.2) is 4.99 Å². The van der Waals surface area contributed by atoms with Gasteiger partial charge in [0.2, 0.25) is 0 Å². The van der Waals surface area contributed by atoms with Crippen molar-refractivity contribution in [3.05, 3.63) is 47.0 Å². The molecule has 2 aromatic carbocycles. The number of amidine groups is 1. The van der Waals surface area contributed by atoms with Gasteiger partial charge in [0.25, 0.3) is 0 Å². The number of fused-ring (bicyclic) bond motifs is 1. The van der Waals surface area contributed by atoms with Crippen molar-refractivity contribution in [1.82, 2.24) is 0 Å². The summed E-state index contributed by atoms with van der Waals surface area (Å²) in [5.74, 6) is 2.07. The Balaban J connectivity index is 2.07. The Labute approximate surface area is 146 Å². The van der Waals surface area contributed by atoms with Gasteiger partial charge in [0.15, 0.2) is 11.5 Å².